The van der Waals surface area contributed by atoms with E-state index < -0.39 is 23.7 Å². The van der Waals surface area contributed by atoms with Crippen molar-refractivity contribution in [3.63, 3.8) is 0 Å². The van der Waals surface area contributed by atoms with E-state index in [1.165, 1.54) is 25.3 Å². The van der Waals surface area contributed by atoms with Gasteiger partial charge in [0, 0.05) is 11.6 Å². The van der Waals surface area contributed by atoms with Gasteiger partial charge in [-0.05, 0) is 48.0 Å². The highest BCUT2D eigenvalue weighted by atomic mass is 19.1. The normalized spacial score (nSPS) is 14.5. The summed E-state index contributed by atoms with van der Waals surface area (Å²) in [5.41, 5.74) is 8.11. The van der Waals surface area contributed by atoms with Gasteiger partial charge in [0.1, 0.15) is 29.0 Å². The monoisotopic (exact) mass is 444 g/mol. The van der Waals surface area contributed by atoms with Crippen molar-refractivity contribution in [2.75, 3.05) is 7.11 Å². The van der Waals surface area contributed by atoms with Crippen molar-refractivity contribution in [2.45, 2.75) is 5.92 Å². The first-order valence-corrected chi connectivity index (χ1v) is 9.79. The van der Waals surface area contributed by atoms with Gasteiger partial charge in [-0.2, -0.15) is 5.26 Å². The first kappa shape index (κ1) is 21.6. The predicted octanol–water partition coefficient (Wildman–Crippen LogP) is 4.05. The molecule has 3 aromatic carbocycles. The largest absolute Gasteiger partial charge is 0.465 e. The summed E-state index contributed by atoms with van der Waals surface area (Å²) in [6.45, 7) is 0. The zero-order valence-electron chi connectivity index (χ0n) is 17.4. The lowest BCUT2D eigenvalue weighted by molar-refractivity contribution is 0.0600. The lowest BCUT2D eigenvalue weighted by Gasteiger charge is -2.26. The van der Waals surface area contributed by atoms with Gasteiger partial charge in [0.15, 0.2) is 0 Å². The number of carbonyl (C=O) groups excluding carboxylic acids is 2. The summed E-state index contributed by atoms with van der Waals surface area (Å²) in [5, 5.41) is 9.68. The molecule has 0 aliphatic carbocycles. The van der Waals surface area contributed by atoms with Crippen LogP contribution in [0.4, 0.5) is 4.39 Å². The molecule has 4 rings (SSSR count). The number of benzene rings is 3. The van der Waals surface area contributed by atoms with Gasteiger partial charge in [-0.15, -0.1) is 0 Å². The molecule has 1 aliphatic rings. The molecule has 3 aromatic rings. The molecule has 1 heterocycles. The van der Waals surface area contributed by atoms with E-state index in [4.69, 9.17) is 19.9 Å². The van der Waals surface area contributed by atoms with Gasteiger partial charge in [-0.1, -0.05) is 18.2 Å². The molecule has 1 aliphatic heterocycles. The van der Waals surface area contributed by atoms with Crippen molar-refractivity contribution in [3.05, 3.63) is 106 Å². The van der Waals surface area contributed by atoms with Crippen molar-refractivity contribution in [3.8, 4) is 17.6 Å². The summed E-state index contributed by atoms with van der Waals surface area (Å²) in [6, 6.07) is 18.4. The van der Waals surface area contributed by atoms with E-state index in [9.17, 15) is 19.2 Å². The molecule has 33 heavy (non-hydrogen) atoms. The van der Waals surface area contributed by atoms with Crippen LogP contribution in [0.25, 0.3) is 0 Å². The standard InChI is InChI=1S/C25H17FN2O5/c1-31-24(29)15-4-2-14(3-5-15)22-19-11-10-18(12-21(19)33-23(28)20(22)13-27)32-25(30)16-6-8-17(26)9-7-16/h2-12,22H,28H2,1H3. The number of fused-ring (bicyclic) bond motifs is 1. The van der Waals surface area contributed by atoms with E-state index in [-0.39, 0.29) is 22.8 Å². The lowest BCUT2D eigenvalue weighted by atomic mass is 9.83. The topological polar surface area (TPSA) is 112 Å². The summed E-state index contributed by atoms with van der Waals surface area (Å²) in [5.74, 6) is -1.72. The summed E-state index contributed by atoms with van der Waals surface area (Å²) in [6.07, 6.45) is 0. The number of esters is 2. The molecule has 1 atom stereocenters. The molecule has 0 bridgehead atoms. The Balaban J connectivity index is 1.67. The number of nitriles is 1. The van der Waals surface area contributed by atoms with Gasteiger partial charge < -0.3 is 19.9 Å². The molecule has 0 radical (unpaired) electrons. The maximum absolute atomic E-state index is 13.1. The number of nitrogens with two attached hydrogens (primary N) is 1. The van der Waals surface area contributed by atoms with E-state index in [1.54, 1.807) is 36.4 Å². The highest BCUT2D eigenvalue weighted by Gasteiger charge is 2.31. The summed E-state index contributed by atoms with van der Waals surface area (Å²) < 4.78 is 28.8. The number of halogens is 1. The molecule has 2 N–H and O–H groups in total. The Labute approximate surface area is 188 Å². The van der Waals surface area contributed by atoms with Crippen LogP contribution in [0.3, 0.4) is 0 Å². The summed E-state index contributed by atoms with van der Waals surface area (Å²) in [7, 11) is 1.29. The Morgan fingerprint density at radius 2 is 1.64 bits per heavy atom. The minimum absolute atomic E-state index is 0.0749. The number of hydrogen-bond acceptors (Lipinski definition) is 7. The quantitative estimate of drug-likeness (QED) is 0.477. The van der Waals surface area contributed by atoms with E-state index in [0.717, 1.165) is 12.1 Å². The zero-order valence-corrected chi connectivity index (χ0v) is 17.4. The van der Waals surface area contributed by atoms with Crippen molar-refractivity contribution < 1.29 is 28.2 Å². The van der Waals surface area contributed by atoms with Gasteiger partial charge in [0.2, 0.25) is 5.88 Å². The molecule has 0 fully saturated rings. The molecule has 0 spiro atoms. The third-order valence-corrected chi connectivity index (χ3v) is 5.15. The van der Waals surface area contributed by atoms with Gasteiger partial charge in [0.25, 0.3) is 0 Å². The Bertz CT molecular complexity index is 1310. The maximum atomic E-state index is 13.1. The van der Waals surface area contributed by atoms with Crippen LogP contribution in [0, 0.1) is 17.1 Å². The lowest BCUT2D eigenvalue weighted by Crippen LogP contribution is -2.21. The van der Waals surface area contributed by atoms with Crippen LogP contribution in [0.15, 0.2) is 78.2 Å². The number of methoxy groups -OCH3 is 1. The minimum atomic E-state index is -0.665. The molecule has 1 unspecified atom stereocenters. The number of carbonyl (C=O) groups is 2. The predicted molar refractivity (Wildman–Crippen MR) is 115 cm³/mol. The summed E-state index contributed by atoms with van der Waals surface area (Å²) >= 11 is 0. The summed E-state index contributed by atoms with van der Waals surface area (Å²) in [4.78, 5) is 24.1. The molecule has 7 nitrogen and oxygen atoms in total. The number of rotatable bonds is 4. The Morgan fingerprint density at radius 1 is 1.00 bits per heavy atom. The average Bonchev–Trinajstić information content (AvgIpc) is 2.83. The van der Waals surface area contributed by atoms with Crippen LogP contribution in [0.5, 0.6) is 11.5 Å². The Morgan fingerprint density at radius 3 is 2.27 bits per heavy atom. The van der Waals surface area contributed by atoms with Crippen molar-refractivity contribution in [1.82, 2.24) is 0 Å². The number of nitrogens with zero attached hydrogens (tertiary/aromatic N) is 1. The van der Waals surface area contributed by atoms with Gasteiger partial charge in [-0.3, -0.25) is 0 Å². The molecular formula is C25H17FN2O5. The highest BCUT2D eigenvalue weighted by Crippen LogP contribution is 2.43. The van der Waals surface area contributed by atoms with Crippen molar-refractivity contribution in [1.29, 1.82) is 5.26 Å². The molecular weight excluding hydrogens is 427 g/mol. The fourth-order valence-corrected chi connectivity index (χ4v) is 3.52. The van der Waals surface area contributed by atoms with Gasteiger partial charge >= 0.3 is 11.9 Å². The van der Waals surface area contributed by atoms with Crippen LogP contribution in [-0.4, -0.2) is 19.0 Å². The Hall–Kier alpha value is -4.64. The minimum Gasteiger partial charge on any atom is -0.465 e. The second-order valence-corrected chi connectivity index (χ2v) is 7.13. The molecule has 164 valence electrons. The Kier molecular flexibility index (Phi) is 5.79. The average molecular weight is 444 g/mol. The van der Waals surface area contributed by atoms with Gasteiger partial charge in [-0.25, -0.2) is 14.0 Å². The third-order valence-electron chi connectivity index (χ3n) is 5.15. The molecule has 0 saturated carbocycles. The second-order valence-electron chi connectivity index (χ2n) is 7.13. The van der Waals surface area contributed by atoms with E-state index in [2.05, 4.69) is 6.07 Å². The van der Waals surface area contributed by atoms with Crippen LogP contribution < -0.4 is 15.2 Å². The molecule has 8 heteroatoms. The fraction of sp³-hybridized carbons (Fsp3) is 0.0800. The molecule has 0 saturated heterocycles. The van der Waals surface area contributed by atoms with Crippen LogP contribution >= 0.6 is 0 Å². The van der Waals surface area contributed by atoms with Crippen LogP contribution in [0.2, 0.25) is 0 Å². The first-order chi connectivity index (χ1) is 15.9. The SMILES string of the molecule is COC(=O)c1ccc(C2C(C#N)=C(N)Oc3cc(OC(=O)c4ccc(F)cc4)ccc32)cc1. The molecule has 0 aromatic heterocycles. The third kappa shape index (κ3) is 4.25. The fourth-order valence-electron chi connectivity index (χ4n) is 3.52. The number of ether oxygens (including phenoxy) is 3. The zero-order chi connectivity index (χ0) is 23.5. The second kappa shape index (κ2) is 8.85. The van der Waals surface area contributed by atoms with Crippen LogP contribution in [0.1, 0.15) is 37.8 Å². The van der Waals surface area contributed by atoms with Gasteiger partial charge in [0.05, 0.1) is 24.2 Å². The highest BCUT2D eigenvalue weighted by molar-refractivity contribution is 5.91. The van der Waals surface area contributed by atoms with E-state index in [1.807, 2.05) is 0 Å². The first-order valence-electron chi connectivity index (χ1n) is 9.79. The number of hydrogen-bond donors (Lipinski definition) is 1. The van der Waals surface area contributed by atoms with E-state index in [0.29, 0.717) is 22.4 Å². The van der Waals surface area contributed by atoms with E-state index >= 15 is 0 Å². The number of allylic oxidation sites excluding steroid dienone is 1. The van der Waals surface area contributed by atoms with Crippen molar-refractivity contribution in [2.24, 2.45) is 5.73 Å². The smallest absolute Gasteiger partial charge is 0.343 e. The molecule has 0 amide bonds. The van der Waals surface area contributed by atoms with Crippen molar-refractivity contribution >= 4 is 11.9 Å². The maximum Gasteiger partial charge on any atom is 0.343 e. The van der Waals surface area contributed by atoms with Crippen LogP contribution in [-0.2, 0) is 4.74 Å².